The Morgan fingerprint density at radius 1 is 1.47 bits per heavy atom. The maximum absolute atomic E-state index is 11.9. The van der Waals surface area contributed by atoms with Crippen LogP contribution in [-0.4, -0.2) is 35.1 Å². The van der Waals surface area contributed by atoms with Crippen molar-refractivity contribution in [1.82, 2.24) is 4.90 Å². The molecule has 100 valence electrons. The van der Waals surface area contributed by atoms with Gasteiger partial charge in [-0.3, -0.25) is 4.79 Å². The molecule has 0 saturated heterocycles. The SMILES string of the molecule is CCN(CC(=O)O)C(=O)Nc1cccc(C)c1C#N. The molecule has 1 rings (SSSR count). The van der Waals surface area contributed by atoms with Crippen LogP contribution in [0.2, 0.25) is 0 Å². The van der Waals surface area contributed by atoms with E-state index in [2.05, 4.69) is 5.32 Å². The van der Waals surface area contributed by atoms with Gasteiger partial charge in [0.1, 0.15) is 12.6 Å². The summed E-state index contributed by atoms with van der Waals surface area (Å²) in [6.07, 6.45) is 0. The molecule has 0 radical (unpaired) electrons. The molecule has 0 bridgehead atoms. The maximum atomic E-state index is 11.9. The quantitative estimate of drug-likeness (QED) is 0.864. The van der Waals surface area contributed by atoms with E-state index in [4.69, 9.17) is 10.4 Å². The number of carbonyl (C=O) groups excluding carboxylic acids is 1. The lowest BCUT2D eigenvalue weighted by molar-refractivity contribution is -0.137. The number of benzene rings is 1. The number of aryl methyl sites for hydroxylation is 1. The summed E-state index contributed by atoms with van der Waals surface area (Å²) in [5, 5.41) is 20.3. The Morgan fingerprint density at radius 3 is 2.68 bits per heavy atom. The summed E-state index contributed by atoms with van der Waals surface area (Å²) in [5.41, 5.74) is 1.51. The largest absolute Gasteiger partial charge is 0.480 e. The first-order valence-electron chi connectivity index (χ1n) is 5.77. The predicted octanol–water partition coefficient (Wildman–Crippen LogP) is 1.81. The highest BCUT2D eigenvalue weighted by Crippen LogP contribution is 2.18. The second-order valence-corrected chi connectivity index (χ2v) is 3.95. The number of hydrogen-bond acceptors (Lipinski definition) is 3. The summed E-state index contributed by atoms with van der Waals surface area (Å²) >= 11 is 0. The van der Waals surface area contributed by atoms with Gasteiger partial charge in [-0.05, 0) is 25.5 Å². The molecule has 0 spiro atoms. The number of urea groups is 1. The van der Waals surface area contributed by atoms with Crippen molar-refractivity contribution in [2.45, 2.75) is 13.8 Å². The number of nitriles is 1. The maximum Gasteiger partial charge on any atom is 0.323 e. The van der Waals surface area contributed by atoms with Gasteiger partial charge in [-0.15, -0.1) is 0 Å². The van der Waals surface area contributed by atoms with E-state index in [1.807, 2.05) is 6.07 Å². The second-order valence-electron chi connectivity index (χ2n) is 3.95. The van der Waals surface area contributed by atoms with Crippen LogP contribution >= 0.6 is 0 Å². The van der Waals surface area contributed by atoms with E-state index in [0.29, 0.717) is 11.3 Å². The van der Waals surface area contributed by atoms with Crippen molar-refractivity contribution >= 4 is 17.7 Å². The molecule has 0 aromatic heterocycles. The fourth-order valence-corrected chi connectivity index (χ4v) is 1.61. The lowest BCUT2D eigenvalue weighted by Crippen LogP contribution is -2.38. The molecule has 6 nitrogen and oxygen atoms in total. The molecule has 1 aromatic carbocycles. The van der Waals surface area contributed by atoms with Crippen molar-refractivity contribution in [2.75, 3.05) is 18.4 Å². The molecule has 0 unspecified atom stereocenters. The molecule has 0 atom stereocenters. The third-order valence-corrected chi connectivity index (χ3v) is 2.62. The summed E-state index contributed by atoms with van der Waals surface area (Å²) in [5.74, 6) is -1.08. The fraction of sp³-hybridized carbons (Fsp3) is 0.308. The summed E-state index contributed by atoms with van der Waals surface area (Å²) in [7, 11) is 0. The third-order valence-electron chi connectivity index (χ3n) is 2.62. The predicted molar refractivity (Wildman–Crippen MR) is 69.8 cm³/mol. The molecule has 2 N–H and O–H groups in total. The van der Waals surface area contributed by atoms with Crippen LogP contribution < -0.4 is 5.32 Å². The molecule has 0 saturated carbocycles. The number of nitrogens with one attached hydrogen (secondary N) is 1. The van der Waals surface area contributed by atoms with Gasteiger partial charge in [-0.2, -0.15) is 5.26 Å². The van der Waals surface area contributed by atoms with Crippen LogP contribution in [0.15, 0.2) is 18.2 Å². The molecule has 6 heteroatoms. The zero-order chi connectivity index (χ0) is 14.4. The monoisotopic (exact) mass is 261 g/mol. The Hall–Kier alpha value is -2.55. The summed E-state index contributed by atoms with van der Waals surface area (Å²) in [6.45, 7) is 3.34. The van der Waals surface area contributed by atoms with Crippen molar-refractivity contribution in [3.05, 3.63) is 29.3 Å². The molecule has 0 aliphatic rings. The first-order valence-corrected chi connectivity index (χ1v) is 5.77. The summed E-state index contributed by atoms with van der Waals surface area (Å²) in [6, 6.07) is 6.58. The fourth-order valence-electron chi connectivity index (χ4n) is 1.61. The number of aliphatic carboxylic acids is 1. The van der Waals surface area contributed by atoms with Crippen LogP contribution in [0.4, 0.5) is 10.5 Å². The van der Waals surface area contributed by atoms with Gasteiger partial charge in [0, 0.05) is 6.54 Å². The van der Waals surface area contributed by atoms with Crippen molar-refractivity contribution < 1.29 is 14.7 Å². The van der Waals surface area contributed by atoms with Crippen molar-refractivity contribution in [2.24, 2.45) is 0 Å². The van der Waals surface area contributed by atoms with Crippen LogP contribution in [0.25, 0.3) is 0 Å². The lowest BCUT2D eigenvalue weighted by Gasteiger charge is -2.19. The standard InChI is InChI=1S/C13H15N3O3/c1-3-16(8-12(17)18)13(19)15-11-6-4-5-9(2)10(11)7-14/h4-6H,3,8H2,1-2H3,(H,15,19)(H,17,18). The number of rotatable bonds is 4. The zero-order valence-corrected chi connectivity index (χ0v) is 10.8. The van der Waals surface area contributed by atoms with Crippen LogP contribution in [0.1, 0.15) is 18.1 Å². The van der Waals surface area contributed by atoms with Crippen LogP contribution in [0.3, 0.4) is 0 Å². The zero-order valence-electron chi connectivity index (χ0n) is 10.8. The smallest absolute Gasteiger partial charge is 0.323 e. The summed E-state index contributed by atoms with van der Waals surface area (Å²) in [4.78, 5) is 23.7. The molecular weight excluding hydrogens is 246 g/mol. The highest BCUT2D eigenvalue weighted by atomic mass is 16.4. The van der Waals surface area contributed by atoms with Crippen LogP contribution in [0.5, 0.6) is 0 Å². The van der Waals surface area contributed by atoms with E-state index in [9.17, 15) is 9.59 Å². The van der Waals surface area contributed by atoms with Gasteiger partial charge in [-0.25, -0.2) is 4.79 Å². The van der Waals surface area contributed by atoms with E-state index in [-0.39, 0.29) is 13.1 Å². The Kier molecular flexibility index (Phi) is 4.89. The third kappa shape index (κ3) is 3.71. The van der Waals surface area contributed by atoms with Crippen LogP contribution in [-0.2, 0) is 4.79 Å². The molecule has 0 aliphatic carbocycles. The number of carbonyl (C=O) groups is 2. The van der Waals surface area contributed by atoms with E-state index in [1.54, 1.807) is 32.0 Å². The van der Waals surface area contributed by atoms with Gasteiger partial charge in [0.25, 0.3) is 0 Å². The minimum absolute atomic E-state index is 0.270. The molecule has 0 fully saturated rings. The average Bonchev–Trinajstić information content (AvgIpc) is 2.35. The first-order chi connectivity index (χ1) is 8.99. The number of carboxylic acids is 1. The van der Waals surface area contributed by atoms with E-state index in [1.165, 1.54) is 0 Å². The van der Waals surface area contributed by atoms with Crippen molar-refractivity contribution in [1.29, 1.82) is 5.26 Å². The highest BCUT2D eigenvalue weighted by Gasteiger charge is 2.16. The van der Waals surface area contributed by atoms with Gasteiger partial charge in [0.15, 0.2) is 0 Å². The van der Waals surface area contributed by atoms with Gasteiger partial charge < -0.3 is 15.3 Å². The molecule has 2 amide bonds. The van der Waals surface area contributed by atoms with Crippen molar-refractivity contribution in [3.8, 4) is 6.07 Å². The first kappa shape index (κ1) is 14.5. The number of amides is 2. The molecular formula is C13H15N3O3. The lowest BCUT2D eigenvalue weighted by atomic mass is 10.1. The Morgan fingerprint density at radius 2 is 2.16 bits per heavy atom. The average molecular weight is 261 g/mol. The van der Waals surface area contributed by atoms with Gasteiger partial charge in [-0.1, -0.05) is 12.1 Å². The van der Waals surface area contributed by atoms with E-state index in [0.717, 1.165) is 10.5 Å². The highest BCUT2D eigenvalue weighted by molar-refractivity contribution is 5.92. The van der Waals surface area contributed by atoms with Crippen molar-refractivity contribution in [3.63, 3.8) is 0 Å². The van der Waals surface area contributed by atoms with Gasteiger partial charge in [0.2, 0.25) is 0 Å². The van der Waals surface area contributed by atoms with Gasteiger partial charge in [0.05, 0.1) is 11.3 Å². The minimum Gasteiger partial charge on any atom is -0.480 e. The number of likely N-dealkylation sites (N-methyl/N-ethyl adjacent to an activating group) is 1. The molecule has 19 heavy (non-hydrogen) atoms. The Bertz CT molecular complexity index is 534. The van der Waals surface area contributed by atoms with E-state index >= 15 is 0 Å². The van der Waals surface area contributed by atoms with E-state index < -0.39 is 12.0 Å². The number of anilines is 1. The molecule has 0 heterocycles. The van der Waals surface area contributed by atoms with Gasteiger partial charge >= 0.3 is 12.0 Å². The number of nitrogens with zero attached hydrogens (tertiary/aromatic N) is 2. The topological polar surface area (TPSA) is 93.4 Å². The van der Waals surface area contributed by atoms with Crippen LogP contribution in [0, 0.1) is 18.3 Å². The number of carboxylic acid groups (broad SMARTS) is 1. The number of hydrogen-bond donors (Lipinski definition) is 2. The second kappa shape index (κ2) is 6.40. The Labute approximate surface area is 111 Å². The summed E-state index contributed by atoms with van der Waals surface area (Å²) < 4.78 is 0. The Balaban J connectivity index is 2.90. The molecule has 1 aromatic rings. The normalized spacial score (nSPS) is 9.53. The molecule has 0 aliphatic heterocycles. The minimum atomic E-state index is -1.08.